The molecule has 0 spiro atoms. The summed E-state index contributed by atoms with van der Waals surface area (Å²) in [5.74, 6) is 0.424. The van der Waals surface area contributed by atoms with Gasteiger partial charge in [-0.2, -0.15) is 0 Å². The first-order valence-corrected chi connectivity index (χ1v) is 8.17. The van der Waals surface area contributed by atoms with Crippen LogP contribution >= 0.6 is 0 Å². The van der Waals surface area contributed by atoms with Gasteiger partial charge >= 0.3 is 0 Å². The number of nitrogens with zero attached hydrogens (tertiary/aromatic N) is 1. The maximum atomic E-state index is 12.5. The van der Waals surface area contributed by atoms with Gasteiger partial charge in [0.05, 0.1) is 0 Å². The van der Waals surface area contributed by atoms with Crippen LogP contribution in [-0.4, -0.2) is 37.5 Å². The van der Waals surface area contributed by atoms with Gasteiger partial charge < -0.3 is 10.6 Å². The van der Waals surface area contributed by atoms with Crippen molar-refractivity contribution >= 4 is 11.6 Å². The molecule has 0 unspecified atom stereocenters. The lowest BCUT2D eigenvalue weighted by molar-refractivity contribution is -0.129. The number of carbonyl (C=O) groups excluding carboxylic acids is 1. The quantitative estimate of drug-likeness (QED) is 0.895. The number of rotatable bonds is 2. The van der Waals surface area contributed by atoms with Crippen molar-refractivity contribution in [2.24, 2.45) is 0 Å². The van der Waals surface area contributed by atoms with E-state index in [4.69, 9.17) is 0 Å². The lowest BCUT2D eigenvalue weighted by Crippen LogP contribution is -2.53. The first-order valence-electron chi connectivity index (χ1n) is 8.17. The second-order valence-corrected chi connectivity index (χ2v) is 6.21. The van der Waals surface area contributed by atoms with Crippen molar-refractivity contribution in [2.45, 2.75) is 12.0 Å². The Balaban J connectivity index is 1.89. The van der Waals surface area contributed by atoms with E-state index in [1.165, 1.54) is 11.1 Å². The standard InChI is InChI=1S/C19H21N3O/c1-20-16-9-5-8-14-15(13-6-3-2-4-7-13)12-22-11-10-21-19(23)18(22)17(14)16/h2-9,15,18,20H,10-12H2,1H3,(H,21,23)/t15-,18-/m0/s1. The number of benzene rings is 2. The predicted octanol–water partition coefficient (Wildman–Crippen LogP) is 2.35. The van der Waals surface area contributed by atoms with E-state index in [-0.39, 0.29) is 11.9 Å². The molecule has 1 amide bonds. The highest BCUT2D eigenvalue weighted by Crippen LogP contribution is 2.43. The average Bonchev–Trinajstić information content (AvgIpc) is 2.61. The summed E-state index contributed by atoms with van der Waals surface area (Å²) in [7, 11) is 1.92. The Kier molecular flexibility index (Phi) is 3.54. The second-order valence-electron chi connectivity index (χ2n) is 6.21. The fourth-order valence-electron chi connectivity index (χ4n) is 3.94. The number of carbonyl (C=O) groups is 1. The monoisotopic (exact) mass is 307 g/mol. The molecular weight excluding hydrogens is 286 g/mol. The van der Waals surface area contributed by atoms with E-state index in [9.17, 15) is 4.79 Å². The van der Waals surface area contributed by atoms with Crippen LogP contribution in [0, 0.1) is 0 Å². The molecule has 23 heavy (non-hydrogen) atoms. The number of anilines is 1. The first-order chi connectivity index (χ1) is 11.3. The van der Waals surface area contributed by atoms with Crippen molar-refractivity contribution in [2.75, 3.05) is 32.0 Å². The number of hydrogen-bond donors (Lipinski definition) is 2. The van der Waals surface area contributed by atoms with Gasteiger partial charge in [0.15, 0.2) is 0 Å². The van der Waals surface area contributed by atoms with Crippen LogP contribution in [0.5, 0.6) is 0 Å². The molecule has 2 aromatic rings. The zero-order valence-corrected chi connectivity index (χ0v) is 13.3. The Morgan fingerprint density at radius 2 is 1.96 bits per heavy atom. The molecule has 2 aromatic carbocycles. The van der Waals surface area contributed by atoms with Crippen LogP contribution in [0.25, 0.3) is 0 Å². The van der Waals surface area contributed by atoms with E-state index in [2.05, 4.69) is 64.1 Å². The predicted molar refractivity (Wildman–Crippen MR) is 91.6 cm³/mol. The minimum Gasteiger partial charge on any atom is -0.388 e. The third-order valence-electron chi connectivity index (χ3n) is 4.99. The molecule has 0 saturated carbocycles. The largest absolute Gasteiger partial charge is 0.388 e. The summed E-state index contributed by atoms with van der Waals surface area (Å²) < 4.78 is 0. The van der Waals surface area contributed by atoms with Crippen LogP contribution in [0.2, 0.25) is 0 Å². The van der Waals surface area contributed by atoms with E-state index < -0.39 is 0 Å². The van der Waals surface area contributed by atoms with E-state index in [0.717, 1.165) is 30.9 Å². The lowest BCUT2D eigenvalue weighted by atomic mass is 9.79. The number of hydrogen-bond acceptors (Lipinski definition) is 3. The minimum absolute atomic E-state index is 0.117. The van der Waals surface area contributed by atoms with Crippen molar-refractivity contribution in [3.63, 3.8) is 0 Å². The maximum Gasteiger partial charge on any atom is 0.242 e. The molecule has 4 nitrogen and oxygen atoms in total. The summed E-state index contributed by atoms with van der Waals surface area (Å²) in [5, 5.41) is 6.29. The summed E-state index contributed by atoms with van der Waals surface area (Å²) in [5.41, 5.74) is 4.76. The smallest absolute Gasteiger partial charge is 0.242 e. The Hall–Kier alpha value is -2.33. The van der Waals surface area contributed by atoms with E-state index in [0.29, 0.717) is 5.92 Å². The number of fused-ring (bicyclic) bond motifs is 3. The molecule has 4 heteroatoms. The van der Waals surface area contributed by atoms with Crippen LogP contribution in [-0.2, 0) is 4.79 Å². The minimum atomic E-state index is -0.178. The van der Waals surface area contributed by atoms with Gasteiger partial charge in [-0.15, -0.1) is 0 Å². The van der Waals surface area contributed by atoms with Crippen molar-refractivity contribution in [1.82, 2.24) is 10.2 Å². The zero-order chi connectivity index (χ0) is 15.8. The van der Waals surface area contributed by atoms with Gasteiger partial charge in [0, 0.05) is 43.9 Å². The van der Waals surface area contributed by atoms with Crippen molar-refractivity contribution in [3.05, 3.63) is 65.2 Å². The van der Waals surface area contributed by atoms with Crippen LogP contribution in [0.15, 0.2) is 48.5 Å². The summed E-state index contributed by atoms with van der Waals surface area (Å²) in [6, 6.07) is 16.7. The molecule has 118 valence electrons. The van der Waals surface area contributed by atoms with E-state index in [1.807, 2.05) is 7.05 Å². The summed E-state index contributed by atoms with van der Waals surface area (Å²) >= 11 is 0. The highest BCUT2D eigenvalue weighted by Gasteiger charge is 2.40. The lowest BCUT2D eigenvalue weighted by Gasteiger charge is -2.44. The van der Waals surface area contributed by atoms with Crippen molar-refractivity contribution in [3.8, 4) is 0 Å². The van der Waals surface area contributed by atoms with Gasteiger partial charge in [0.1, 0.15) is 6.04 Å². The molecule has 2 N–H and O–H groups in total. The van der Waals surface area contributed by atoms with E-state index in [1.54, 1.807) is 0 Å². The topological polar surface area (TPSA) is 44.4 Å². The Bertz CT molecular complexity index is 729. The molecular formula is C19H21N3O. The molecule has 1 fully saturated rings. The fraction of sp³-hybridized carbons (Fsp3) is 0.316. The zero-order valence-electron chi connectivity index (χ0n) is 13.3. The fourth-order valence-corrected chi connectivity index (χ4v) is 3.94. The summed E-state index contributed by atoms with van der Waals surface area (Å²) in [6.45, 7) is 2.52. The van der Waals surface area contributed by atoms with Crippen LogP contribution in [0.1, 0.15) is 28.7 Å². The van der Waals surface area contributed by atoms with Crippen LogP contribution in [0.4, 0.5) is 5.69 Å². The number of amides is 1. The summed E-state index contributed by atoms with van der Waals surface area (Å²) in [6.07, 6.45) is 0. The van der Waals surface area contributed by atoms with Crippen molar-refractivity contribution < 1.29 is 4.79 Å². The Morgan fingerprint density at radius 3 is 2.74 bits per heavy atom. The van der Waals surface area contributed by atoms with Gasteiger partial charge in [0.2, 0.25) is 5.91 Å². The Morgan fingerprint density at radius 1 is 1.13 bits per heavy atom. The average molecular weight is 307 g/mol. The second kappa shape index (κ2) is 5.70. The molecule has 0 aliphatic carbocycles. The molecule has 2 heterocycles. The molecule has 0 radical (unpaired) electrons. The van der Waals surface area contributed by atoms with Gasteiger partial charge in [-0.3, -0.25) is 9.69 Å². The molecule has 1 saturated heterocycles. The number of piperazine rings is 1. The maximum absolute atomic E-state index is 12.5. The first kappa shape index (κ1) is 14.3. The highest BCUT2D eigenvalue weighted by atomic mass is 16.2. The molecule has 2 aliphatic heterocycles. The molecule has 4 rings (SSSR count). The van der Waals surface area contributed by atoms with Gasteiger partial charge in [0.25, 0.3) is 0 Å². The Labute approximate surface area is 136 Å². The molecule has 2 aliphatic rings. The molecule has 2 atom stereocenters. The molecule has 0 aromatic heterocycles. The van der Waals surface area contributed by atoms with Gasteiger partial charge in [-0.25, -0.2) is 0 Å². The van der Waals surface area contributed by atoms with Crippen LogP contribution in [0.3, 0.4) is 0 Å². The van der Waals surface area contributed by atoms with Gasteiger partial charge in [-0.05, 0) is 17.2 Å². The highest BCUT2D eigenvalue weighted by molar-refractivity contribution is 5.87. The third-order valence-corrected chi connectivity index (χ3v) is 4.99. The molecule has 0 bridgehead atoms. The van der Waals surface area contributed by atoms with E-state index >= 15 is 0 Å². The van der Waals surface area contributed by atoms with Gasteiger partial charge in [-0.1, -0.05) is 42.5 Å². The summed E-state index contributed by atoms with van der Waals surface area (Å²) in [4.78, 5) is 14.8. The normalized spacial score (nSPS) is 23.6. The number of nitrogens with one attached hydrogen (secondary N) is 2. The SMILES string of the molecule is CNc1cccc2c1[C@H]1C(=O)NCCN1C[C@H]2c1ccccc1. The van der Waals surface area contributed by atoms with Crippen LogP contribution < -0.4 is 10.6 Å². The third kappa shape index (κ3) is 2.30. The van der Waals surface area contributed by atoms with Crippen molar-refractivity contribution in [1.29, 1.82) is 0 Å².